The van der Waals surface area contributed by atoms with E-state index in [1.54, 1.807) is 31.1 Å². The Hall–Kier alpha value is -3.93. The minimum atomic E-state index is -1.01. The van der Waals surface area contributed by atoms with Gasteiger partial charge in [0.1, 0.15) is 11.3 Å². The van der Waals surface area contributed by atoms with Crippen molar-refractivity contribution in [3.8, 4) is 16.8 Å². The highest BCUT2D eigenvalue weighted by Gasteiger charge is 2.40. The van der Waals surface area contributed by atoms with E-state index < -0.39 is 28.5 Å². The third-order valence-electron chi connectivity index (χ3n) is 9.25. The van der Waals surface area contributed by atoms with Crippen molar-refractivity contribution >= 4 is 68.8 Å². The van der Waals surface area contributed by atoms with Crippen LogP contribution >= 0.6 is 34.8 Å². The summed E-state index contributed by atoms with van der Waals surface area (Å²) in [5, 5.41) is -0.381. The van der Waals surface area contributed by atoms with Gasteiger partial charge in [0.05, 0.1) is 49.3 Å². The number of pyridine rings is 1. The van der Waals surface area contributed by atoms with Crippen molar-refractivity contribution in [3.05, 3.63) is 79.4 Å². The molecule has 2 aromatic heterocycles. The summed E-state index contributed by atoms with van der Waals surface area (Å²) in [5.74, 6) is -2.21. The van der Waals surface area contributed by atoms with Gasteiger partial charge in [-0.3, -0.25) is 14.3 Å². The number of piperazine rings is 1. The molecule has 1 fully saturated rings. The minimum Gasteiger partial charge on any atom is -0.397 e. The van der Waals surface area contributed by atoms with Crippen LogP contribution in [0.3, 0.4) is 0 Å². The number of halogens is 5. The zero-order valence-electron chi connectivity index (χ0n) is 27.0. The van der Waals surface area contributed by atoms with Gasteiger partial charge in [-0.05, 0) is 50.0 Å². The summed E-state index contributed by atoms with van der Waals surface area (Å²) in [6.07, 6.45) is 3.42. The Labute approximate surface area is 291 Å². The molecule has 9 nitrogen and oxygen atoms in total. The third-order valence-corrected chi connectivity index (χ3v) is 10.2. The molecule has 2 unspecified atom stereocenters. The first kappa shape index (κ1) is 34.0. The number of nitrogen functional groups attached to an aromatic ring is 1. The number of fused-ring (bicyclic) bond motifs is 2. The maximum atomic E-state index is 17.7. The number of aryl methyl sites for hydroxylation is 1. The highest BCUT2D eigenvalue weighted by atomic mass is 35.5. The van der Waals surface area contributed by atoms with Gasteiger partial charge in [-0.2, -0.15) is 4.98 Å². The standard InChI is InChI=1S/C34H34Cl3F2N7O2/c1-7-21(47)44-13-17(5)45-18(14-44)9-11-43(6)31-24-32(27(39)22(25(31)37)23-26(38)19(35)12-20(36)28(23)40)46(34(48)42-33(24)45)30-16(4)8-10-41-29(30)15(2)3/h7-8,10,12,15,17-18H,1,9,11,13-14,40H2,2-6H3. The van der Waals surface area contributed by atoms with E-state index in [0.29, 0.717) is 48.7 Å². The van der Waals surface area contributed by atoms with Crippen LogP contribution in [0.1, 0.15) is 44.4 Å². The van der Waals surface area contributed by atoms with E-state index in [9.17, 15) is 9.59 Å². The van der Waals surface area contributed by atoms with Gasteiger partial charge >= 0.3 is 5.69 Å². The summed E-state index contributed by atoms with van der Waals surface area (Å²) in [4.78, 5) is 41.9. The maximum Gasteiger partial charge on any atom is 0.354 e. The first-order chi connectivity index (χ1) is 22.7. The lowest BCUT2D eigenvalue weighted by atomic mass is 9.95. The number of hydrogen-bond donors (Lipinski definition) is 1. The molecule has 4 aromatic rings. The van der Waals surface area contributed by atoms with Crippen molar-refractivity contribution in [1.29, 1.82) is 0 Å². The van der Waals surface area contributed by atoms with Crippen molar-refractivity contribution in [3.63, 3.8) is 0 Å². The first-order valence-electron chi connectivity index (χ1n) is 15.5. The third kappa shape index (κ3) is 5.18. The van der Waals surface area contributed by atoms with Crippen LogP contribution < -0.4 is 21.2 Å². The van der Waals surface area contributed by atoms with E-state index in [0.717, 1.165) is 6.07 Å². The lowest BCUT2D eigenvalue weighted by Gasteiger charge is -2.48. The molecule has 0 saturated carbocycles. The van der Waals surface area contributed by atoms with E-state index in [2.05, 4.69) is 16.5 Å². The summed E-state index contributed by atoms with van der Waals surface area (Å²) in [6, 6.07) is 2.25. The van der Waals surface area contributed by atoms with Gasteiger partial charge in [0.2, 0.25) is 5.91 Å². The molecule has 6 rings (SSSR count). The van der Waals surface area contributed by atoms with E-state index in [4.69, 9.17) is 40.5 Å². The van der Waals surface area contributed by atoms with E-state index >= 15 is 8.78 Å². The molecule has 2 aliphatic rings. The van der Waals surface area contributed by atoms with Crippen LogP contribution in [-0.4, -0.2) is 64.1 Å². The highest BCUT2D eigenvalue weighted by Crippen LogP contribution is 2.51. The van der Waals surface area contributed by atoms with Crippen LogP contribution in [0.2, 0.25) is 15.1 Å². The predicted octanol–water partition coefficient (Wildman–Crippen LogP) is 7.13. The highest BCUT2D eigenvalue weighted by molar-refractivity contribution is 6.40. The zero-order valence-corrected chi connectivity index (χ0v) is 29.3. The zero-order chi connectivity index (χ0) is 34.9. The molecule has 48 heavy (non-hydrogen) atoms. The van der Waals surface area contributed by atoms with Gasteiger partial charge in [0.25, 0.3) is 0 Å². The molecule has 0 bridgehead atoms. The van der Waals surface area contributed by atoms with Gasteiger partial charge in [-0.25, -0.2) is 13.6 Å². The van der Waals surface area contributed by atoms with Crippen molar-refractivity contribution < 1.29 is 13.6 Å². The lowest BCUT2D eigenvalue weighted by Crippen LogP contribution is -2.60. The SMILES string of the molecule is C=CC(=O)N1CC(C)N2c3nc(=O)n(-c4c(C)ccnc4C(C)C)c4c(F)c(-c5c(N)c(Cl)cc(Cl)c5F)c(Cl)c(c34)N(C)CCC2C1. The number of aromatic nitrogens is 3. The van der Waals surface area contributed by atoms with Gasteiger partial charge in [-0.1, -0.05) is 55.2 Å². The first-order valence-corrected chi connectivity index (χ1v) is 16.6. The Balaban J connectivity index is 1.84. The molecular formula is C34H34Cl3F2N7O2. The molecule has 2 aromatic carbocycles. The van der Waals surface area contributed by atoms with Crippen LogP contribution in [0.25, 0.3) is 27.7 Å². The van der Waals surface area contributed by atoms with Gasteiger partial charge in [0.15, 0.2) is 11.6 Å². The summed E-state index contributed by atoms with van der Waals surface area (Å²) >= 11 is 19.7. The number of hydrogen-bond acceptors (Lipinski definition) is 7. The summed E-state index contributed by atoms with van der Waals surface area (Å²) in [6.45, 7) is 12.2. The predicted molar refractivity (Wildman–Crippen MR) is 189 cm³/mol. The molecule has 4 heterocycles. The van der Waals surface area contributed by atoms with Gasteiger partial charge in [-0.15, -0.1) is 0 Å². The van der Waals surface area contributed by atoms with Gasteiger partial charge < -0.3 is 20.4 Å². The van der Waals surface area contributed by atoms with Crippen molar-refractivity contribution in [2.24, 2.45) is 0 Å². The number of carbonyl (C=O) groups is 1. The summed E-state index contributed by atoms with van der Waals surface area (Å²) in [5.41, 5.74) is 6.11. The van der Waals surface area contributed by atoms with Crippen LogP contribution in [-0.2, 0) is 4.79 Å². The molecule has 0 aliphatic carbocycles. The number of nitrogens with zero attached hydrogens (tertiary/aromatic N) is 6. The van der Waals surface area contributed by atoms with E-state index in [1.165, 1.54) is 10.6 Å². The number of amides is 1. The van der Waals surface area contributed by atoms with Crippen molar-refractivity contribution in [1.82, 2.24) is 19.4 Å². The Morgan fingerprint density at radius 2 is 1.83 bits per heavy atom. The van der Waals surface area contributed by atoms with Crippen LogP contribution in [0.5, 0.6) is 0 Å². The second kappa shape index (κ2) is 12.5. The Bertz CT molecular complexity index is 2060. The monoisotopic (exact) mass is 715 g/mol. The molecule has 1 saturated heterocycles. The average molecular weight is 717 g/mol. The molecule has 0 spiro atoms. The molecular weight excluding hydrogens is 683 g/mol. The second-order valence-corrected chi connectivity index (χ2v) is 13.8. The summed E-state index contributed by atoms with van der Waals surface area (Å²) in [7, 11) is 1.77. The topological polar surface area (TPSA) is 101 Å². The van der Waals surface area contributed by atoms with Crippen molar-refractivity contribution in [2.45, 2.75) is 52.1 Å². The van der Waals surface area contributed by atoms with Crippen LogP contribution in [0, 0.1) is 18.6 Å². The van der Waals surface area contributed by atoms with E-state index in [1.807, 2.05) is 30.6 Å². The maximum absolute atomic E-state index is 17.7. The fraction of sp³-hybridized carbons (Fsp3) is 0.353. The summed E-state index contributed by atoms with van der Waals surface area (Å²) < 4.78 is 34.9. The fourth-order valence-corrected chi connectivity index (χ4v) is 7.93. The Kier molecular flexibility index (Phi) is 8.85. The Morgan fingerprint density at radius 1 is 1.12 bits per heavy atom. The molecule has 14 heteroatoms. The molecule has 252 valence electrons. The number of carbonyl (C=O) groups excluding carboxylic acids is 1. The minimum absolute atomic E-state index is 0.0930. The van der Waals surface area contributed by atoms with Gasteiger partial charge in [0, 0.05) is 50.0 Å². The Morgan fingerprint density at radius 3 is 2.50 bits per heavy atom. The average Bonchev–Trinajstić information content (AvgIpc) is 3.03. The van der Waals surface area contributed by atoms with Crippen LogP contribution in [0.15, 0.2) is 35.8 Å². The van der Waals surface area contributed by atoms with Crippen LogP contribution in [0.4, 0.5) is 26.0 Å². The molecule has 2 aliphatic heterocycles. The molecule has 1 amide bonds. The number of benzene rings is 2. The molecule has 2 N–H and O–H groups in total. The molecule has 2 atom stereocenters. The lowest BCUT2D eigenvalue weighted by molar-refractivity contribution is -0.127. The fourth-order valence-electron chi connectivity index (χ4n) is 7.05. The van der Waals surface area contributed by atoms with E-state index in [-0.39, 0.29) is 61.4 Å². The quantitative estimate of drug-likeness (QED) is 0.136. The normalized spacial score (nSPS) is 17.9. The number of rotatable bonds is 4. The number of anilines is 3. The smallest absolute Gasteiger partial charge is 0.354 e. The largest absolute Gasteiger partial charge is 0.397 e. The van der Waals surface area contributed by atoms with Crippen molar-refractivity contribution in [2.75, 3.05) is 42.2 Å². The second-order valence-electron chi connectivity index (χ2n) is 12.7. The number of nitrogens with two attached hydrogens (primary N) is 1. The molecule has 0 radical (unpaired) electrons.